The summed E-state index contributed by atoms with van der Waals surface area (Å²) in [6, 6.07) is 113. The van der Waals surface area contributed by atoms with Crippen LogP contribution >= 0.6 is 38.5 Å². The number of rotatable bonds is 6. The highest BCUT2D eigenvalue weighted by Gasteiger charge is 2.51. The van der Waals surface area contributed by atoms with Crippen LogP contribution in [0, 0.1) is 39.1 Å². The van der Waals surface area contributed by atoms with Gasteiger partial charge in [-0.2, -0.15) is 0 Å². The van der Waals surface area contributed by atoms with E-state index >= 15 is 0 Å². The number of nitrogens with zero attached hydrogens (tertiary/aromatic N) is 2. The van der Waals surface area contributed by atoms with Gasteiger partial charge in [-0.1, -0.05) is 300 Å². The molecule has 0 bridgehead atoms. The molecule has 119 heavy (non-hydrogen) atoms. The van der Waals surface area contributed by atoms with Crippen molar-refractivity contribution in [3.8, 4) is 75.4 Å². The average Bonchev–Trinajstić information content (AvgIpc) is 1.56. The van der Waals surface area contributed by atoms with E-state index in [2.05, 4.69) is 158 Å². The SMILES string of the molecule is CC(=O)Oc1ccccc1C#Cc1ccccc1.CC(=O)Oc1ccccc1I.O=C(CBr)Oc1ccccc1C#Cc1ccccc1.O=C1Oc2ccccc2C2C(c3ccccc3)=C3c4ccccc4C=CN3C12.O=c1oc2ccccc2c2c(-c3ccccc3)c3c4ccccc4ccn3c12.Oc1ccccc1C#Cc1ccccc1. The molecule has 578 valence electrons. The van der Waals surface area contributed by atoms with Crippen molar-refractivity contribution in [3.05, 3.63) is 434 Å². The molecule has 15 heteroatoms. The molecule has 16 aromatic rings. The lowest BCUT2D eigenvalue weighted by Crippen LogP contribution is -2.42. The Morgan fingerprint density at radius 2 is 0.950 bits per heavy atom. The van der Waals surface area contributed by atoms with Gasteiger partial charge in [0, 0.05) is 81.7 Å². The molecule has 0 saturated carbocycles. The molecule has 0 spiro atoms. The summed E-state index contributed by atoms with van der Waals surface area (Å²) in [6.07, 6.45) is 6.08. The van der Waals surface area contributed by atoms with Crippen LogP contribution in [0.25, 0.3) is 66.6 Å². The van der Waals surface area contributed by atoms with Gasteiger partial charge in [-0.15, -0.1) is 0 Å². The number of phenols is 1. The maximum absolute atomic E-state index is 13.1. The molecule has 3 aliphatic heterocycles. The van der Waals surface area contributed by atoms with E-state index in [4.69, 9.17) is 23.4 Å². The number of para-hydroxylation sites is 6. The average molecular weight is 1730 g/mol. The van der Waals surface area contributed by atoms with Crippen molar-refractivity contribution in [2.24, 2.45) is 0 Å². The van der Waals surface area contributed by atoms with Crippen molar-refractivity contribution in [1.29, 1.82) is 0 Å². The first-order valence-electron chi connectivity index (χ1n) is 37.9. The Bertz CT molecular complexity index is 6750. The smallest absolute Gasteiger partial charge is 0.361 e. The van der Waals surface area contributed by atoms with Crippen LogP contribution in [-0.4, -0.2) is 49.7 Å². The van der Waals surface area contributed by atoms with Crippen LogP contribution < -0.4 is 24.6 Å². The number of hydrogen-bond acceptors (Lipinski definition) is 12. The molecule has 2 unspecified atom stereocenters. The highest BCUT2D eigenvalue weighted by molar-refractivity contribution is 14.1. The summed E-state index contributed by atoms with van der Waals surface area (Å²) in [4.78, 5) is 61.0. The molecule has 13 nitrogen and oxygen atoms in total. The Morgan fingerprint density at radius 1 is 0.471 bits per heavy atom. The zero-order chi connectivity index (χ0) is 82.4. The summed E-state index contributed by atoms with van der Waals surface area (Å²) >= 11 is 5.18. The molecule has 0 aliphatic carbocycles. The van der Waals surface area contributed by atoms with Crippen molar-refractivity contribution in [3.63, 3.8) is 0 Å². The van der Waals surface area contributed by atoms with Gasteiger partial charge >= 0.3 is 29.5 Å². The lowest BCUT2D eigenvalue weighted by Gasteiger charge is -2.33. The molecule has 0 amide bonds. The topological polar surface area (TPSA) is 163 Å². The molecule has 3 aromatic heterocycles. The quantitative estimate of drug-likeness (QED) is 0.0419. The lowest BCUT2D eigenvalue weighted by molar-refractivity contribution is -0.140. The van der Waals surface area contributed by atoms with E-state index in [0.29, 0.717) is 50.8 Å². The number of aromatic hydroxyl groups is 1. The Hall–Kier alpha value is -14.8. The molecule has 0 fully saturated rings. The molecular weight excluding hydrogens is 1660 g/mol. The van der Waals surface area contributed by atoms with Gasteiger partial charge < -0.3 is 37.8 Å². The van der Waals surface area contributed by atoms with E-state index < -0.39 is 0 Å². The van der Waals surface area contributed by atoms with Gasteiger partial charge in [0.05, 0.1) is 31.5 Å². The number of carbonyl (C=O) groups excluding carboxylic acids is 4. The maximum Gasteiger partial charge on any atom is 0.361 e. The minimum atomic E-state index is -0.385. The number of halogens is 2. The molecule has 1 N–H and O–H groups in total. The van der Waals surface area contributed by atoms with Crippen molar-refractivity contribution >= 4 is 118 Å². The van der Waals surface area contributed by atoms with E-state index in [-0.39, 0.29) is 52.5 Å². The number of phenolic OH excluding ortho intramolecular Hbond substituents is 1. The summed E-state index contributed by atoms with van der Waals surface area (Å²) < 4.78 is 29.5. The first kappa shape index (κ1) is 80.8. The van der Waals surface area contributed by atoms with Crippen LogP contribution in [0.4, 0.5) is 0 Å². The second-order valence-electron chi connectivity index (χ2n) is 26.9. The maximum atomic E-state index is 13.1. The van der Waals surface area contributed by atoms with Gasteiger partial charge in [-0.3, -0.25) is 14.4 Å². The van der Waals surface area contributed by atoms with Gasteiger partial charge in [-0.05, 0) is 159 Å². The highest BCUT2D eigenvalue weighted by atomic mass is 127. The fraction of sp³-hybridized carbons (Fsp3) is 0.0481. The van der Waals surface area contributed by atoms with Gasteiger partial charge in [-0.25, -0.2) is 9.59 Å². The number of pyridine rings is 1. The Morgan fingerprint density at radius 3 is 1.55 bits per heavy atom. The summed E-state index contributed by atoms with van der Waals surface area (Å²) in [5.74, 6) is 19.3. The Kier molecular flexibility index (Phi) is 26.5. The largest absolute Gasteiger partial charge is 0.507 e. The lowest BCUT2D eigenvalue weighted by atomic mass is 9.81. The van der Waals surface area contributed by atoms with Crippen LogP contribution in [0.2, 0.25) is 0 Å². The predicted molar refractivity (Wildman–Crippen MR) is 483 cm³/mol. The first-order valence-corrected chi connectivity index (χ1v) is 40.1. The molecule has 6 heterocycles. The monoisotopic (exact) mass is 1730 g/mol. The van der Waals surface area contributed by atoms with Crippen molar-refractivity contribution < 1.29 is 47.6 Å². The summed E-state index contributed by atoms with van der Waals surface area (Å²) in [5.41, 5.74) is 15.7. The summed E-state index contributed by atoms with van der Waals surface area (Å²) in [5, 5.41) is 13.8. The minimum absolute atomic E-state index is 0.0642. The highest BCUT2D eigenvalue weighted by Crippen LogP contribution is 2.56. The number of carbonyl (C=O) groups is 4. The third kappa shape index (κ3) is 19.6. The first-order chi connectivity index (χ1) is 58.3. The summed E-state index contributed by atoms with van der Waals surface area (Å²) in [7, 11) is 0. The Labute approximate surface area is 710 Å². The third-order valence-electron chi connectivity index (χ3n) is 19.0. The molecule has 3 aliphatic rings. The van der Waals surface area contributed by atoms with Crippen LogP contribution in [0.3, 0.4) is 0 Å². The minimum Gasteiger partial charge on any atom is -0.507 e. The van der Waals surface area contributed by atoms with Crippen LogP contribution in [0.5, 0.6) is 28.7 Å². The van der Waals surface area contributed by atoms with E-state index in [9.17, 15) is 29.1 Å². The van der Waals surface area contributed by atoms with Crippen LogP contribution in [0.1, 0.15) is 75.4 Å². The molecular formula is C104H72BrIN2O11. The van der Waals surface area contributed by atoms with Crippen molar-refractivity contribution in [2.45, 2.75) is 25.8 Å². The van der Waals surface area contributed by atoms with Crippen molar-refractivity contribution in [2.75, 3.05) is 5.33 Å². The van der Waals surface area contributed by atoms with Gasteiger partial charge in [0.15, 0.2) is 0 Å². The molecule has 0 radical (unpaired) electrons. The van der Waals surface area contributed by atoms with Crippen LogP contribution in [-0.2, 0) is 19.2 Å². The molecule has 0 saturated heterocycles. The van der Waals surface area contributed by atoms with Crippen molar-refractivity contribution in [1.82, 2.24) is 9.30 Å². The summed E-state index contributed by atoms with van der Waals surface area (Å²) in [6.45, 7) is 2.77. The normalized spacial score (nSPS) is 12.7. The van der Waals surface area contributed by atoms with E-state index in [0.717, 1.165) is 80.8 Å². The predicted octanol–water partition coefficient (Wildman–Crippen LogP) is 22.4. The number of benzene rings is 13. The fourth-order valence-corrected chi connectivity index (χ4v) is 14.5. The number of aromatic nitrogens is 1. The zero-order valence-corrected chi connectivity index (χ0v) is 68.0. The standard InChI is InChI=1S/C25H17NO2.C25H15NO2.C16H11BrO2.C16H12O2.C14H10O.C8H7IO2/c2*27-25-24-22(19-12-6-7-13-20(19)28-25)21(17-9-2-1-3-10-17)23-18-11-5-4-8-16(18)14-15-26(23)24;17-12-16(18)19-15-9-5-4-8-14(15)11-10-13-6-2-1-3-7-13;1-13(17)18-16-10-6-5-9-15(16)12-11-14-7-3-2-4-8-14;15-14-9-5-4-8-13(14)11-10-12-6-2-1-3-7-12;1-6(10)11-8-5-3-2-4-7(8)9/h1-15,22,24H;1-15H;1-9H,12H2;2-10H,1H3;1-9,15H;2-5H,1H3. The van der Waals surface area contributed by atoms with E-state index in [1.54, 1.807) is 36.4 Å². The number of fused-ring (bicyclic) bond motifs is 14. The number of esters is 4. The molecule has 19 rings (SSSR count). The second-order valence-corrected chi connectivity index (χ2v) is 28.6. The van der Waals surface area contributed by atoms with Gasteiger partial charge in [0.2, 0.25) is 0 Å². The van der Waals surface area contributed by atoms with Crippen LogP contribution in [0.15, 0.2) is 373 Å². The third-order valence-corrected chi connectivity index (χ3v) is 20.4. The van der Waals surface area contributed by atoms with E-state index in [1.807, 2.05) is 259 Å². The van der Waals surface area contributed by atoms with Gasteiger partial charge in [0.1, 0.15) is 51.2 Å². The Balaban J connectivity index is 0.000000120. The number of ether oxygens (including phenoxy) is 4. The van der Waals surface area contributed by atoms with E-state index in [1.165, 1.54) is 25.0 Å². The number of alkyl halides is 1. The fourth-order valence-electron chi connectivity index (χ4n) is 13.9. The molecule has 13 aromatic carbocycles. The zero-order valence-electron chi connectivity index (χ0n) is 64.3. The second kappa shape index (κ2) is 39.0. The van der Waals surface area contributed by atoms with Gasteiger partial charge in [0.25, 0.3) is 0 Å². The molecule has 2 atom stereocenters. The number of hydrogen-bond donors (Lipinski definition) is 1.